The van der Waals surface area contributed by atoms with Crippen LogP contribution < -0.4 is 5.73 Å². The second-order valence-electron chi connectivity index (χ2n) is 5.26. The number of nitrogens with two attached hydrogens (primary N) is 1. The zero-order valence-corrected chi connectivity index (χ0v) is 12.2. The predicted octanol–water partition coefficient (Wildman–Crippen LogP) is -0.0458. The minimum absolute atomic E-state index is 0.0820. The van der Waals surface area contributed by atoms with Crippen molar-refractivity contribution < 1.29 is 8.42 Å². The fourth-order valence-corrected chi connectivity index (χ4v) is 3.96. The SMILES string of the molecule is CN(C)CC1CCN(S(=O)(=O)c2cn[nH]c2N)CC1. The molecular weight excluding hydrogens is 266 g/mol. The van der Waals surface area contributed by atoms with Gasteiger partial charge in [0.15, 0.2) is 0 Å². The molecule has 0 aromatic carbocycles. The van der Waals surface area contributed by atoms with Gasteiger partial charge in [0.05, 0.1) is 6.20 Å². The quantitative estimate of drug-likeness (QED) is 0.810. The predicted molar refractivity (Wildman–Crippen MR) is 73.0 cm³/mol. The Morgan fingerprint density at radius 1 is 1.47 bits per heavy atom. The van der Waals surface area contributed by atoms with E-state index in [1.807, 2.05) is 14.1 Å². The second kappa shape index (κ2) is 5.48. The molecule has 0 radical (unpaired) electrons. The van der Waals surface area contributed by atoms with E-state index in [1.54, 1.807) is 0 Å². The number of hydrogen-bond donors (Lipinski definition) is 2. The number of nitrogens with one attached hydrogen (secondary N) is 1. The number of H-pyrrole nitrogens is 1. The molecule has 1 aliphatic heterocycles. The highest BCUT2D eigenvalue weighted by atomic mass is 32.2. The van der Waals surface area contributed by atoms with Gasteiger partial charge in [-0.1, -0.05) is 0 Å². The summed E-state index contributed by atoms with van der Waals surface area (Å²) in [5, 5.41) is 6.14. The van der Waals surface area contributed by atoms with Gasteiger partial charge in [-0.05, 0) is 32.9 Å². The molecule has 0 unspecified atom stereocenters. The van der Waals surface area contributed by atoms with Crippen LogP contribution >= 0.6 is 0 Å². The maximum Gasteiger partial charge on any atom is 0.248 e. The molecular formula is C11H21N5O2S. The van der Waals surface area contributed by atoms with Gasteiger partial charge in [-0.3, -0.25) is 5.10 Å². The lowest BCUT2D eigenvalue weighted by Crippen LogP contribution is -2.40. The van der Waals surface area contributed by atoms with Crippen molar-refractivity contribution >= 4 is 15.8 Å². The van der Waals surface area contributed by atoms with Crippen molar-refractivity contribution in [2.75, 3.05) is 39.5 Å². The van der Waals surface area contributed by atoms with Crippen LogP contribution in [0.1, 0.15) is 12.8 Å². The van der Waals surface area contributed by atoms with Crippen molar-refractivity contribution in [3.8, 4) is 0 Å². The first-order chi connectivity index (χ1) is 8.91. The Hall–Kier alpha value is -1.12. The van der Waals surface area contributed by atoms with Crippen LogP contribution in [0, 0.1) is 5.92 Å². The summed E-state index contributed by atoms with van der Waals surface area (Å²) in [6.07, 6.45) is 3.04. The molecule has 8 heteroatoms. The molecule has 0 amide bonds. The molecule has 0 spiro atoms. The van der Waals surface area contributed by atoms with Crippen LogP contribution in [0.2, 0.25) is 0 Å². The van der Waals surface area contributed by atoms with Gasteiger partial charge in [0.1, 0.15) is 10.7 Å². The lowest BCUT2D eigenvalue weighted by molar-refractivity contribution is 0.225. The maximum absolute atomic E-state index is 12.4. The molecule has 108 valence electrons. The Morgan fingerprint density at radius 2 is 2.11 bits per heavy atom. The van der Waals surface area contributed by atoms with Crippen LogP contribution in [0.3, 0.4) is 0 Å². The topological polar surface area (TPSA) is 95.3 Å². The van der Waals surface area contributed by atoms with Crippen LogP contribution in [0.15, 0.2) is 11.1 Å². The average molecular weight is 287 g/mol. The number of anilines is 1. The summed E-state index contributed by atoms with van der Waals surface area (Å²) in [6, 6.07) is 0. The molecule has 0 bridgehead atoms. The Balaban J connectivity index is 2.04. The molecule has 1 aromatic heterocycles. The molecule has 7 nitrogen and oxygen atoms in total. The zero-order chi connectivity index (χ0) is 14.0. The number of nitrogen functional groups attached to an aromatic ring is 1. The summed E-state index contributed by atoms with van der Waals surface area (Å²) in [4.78, 5) is 2.22. The van der Waals surface area contributed by atoms with E-state index in [-0.39, 0.29) is 10.7 Å². The van der Waals surface area contributed by atoms with Crippen molar-refractivity contribution in [3.63, 3.8) is 0 Å². The molecule has 2 heterocycles. The average Bonchev–Trinajstić information content (AvgIpc) is 2.76. The molecule has 2 rings (SSSR count). The van der Waals surface area contributed by atoms with E-state index in [4.69, 9.17) is 5.73 Å². The molecule has 1 fully saturated rings. The lowest BCUT2D eigenvalue weighted by atomic mass is 9.98. The van der Waals surface area contributed by atoms with Gasteiger partial charge in [-0.25, -0.2) is 8.42 Å². The Morgan fingerprint density at radius 3 is 2.58 bits per heavy atom. The van der Waals surface area contributed by atoms with Gasteiger partial charge in [0, 0.05) is 19.6 Å². The number of piperidine rings is 1. The van der Waals surface area contributed by atoms with Crippen LogP contribution in [-0.2, 0) is 10.0 Å². The Kier molecular flexibility index (Phi) is 4.12. The third kappa shape index (κ3) is 3.07. The first-order valence-corrected chi connectivity index (χ1v) is 7.79. The maximum atomic E-state index is 12.4. The van der Waals surface area contributed by atoms with E-state index < -0.39 is 10.0 Å². The van der Waals surface area contributed by atoms with Crippen molar-refractivity contribution in [1.82, 2.24) is 19.4 Å². The summed E-state index contributed by atoms with van der Waals surface area (Å²) in [7, 11) is 0.574. The van der Waals surface area contributed by atoms with Crippen molar-refractivity contribution in [1.29, 1.82) is 0 Å². The first kappa shape index (κ1) is 14.3. The highest BCUT2D eigenvalue weighted by molar-refractivity contribution is 7.89. The van der Waals surface area contributed by atoms with Crippen molar-refractivity contribution in [2.24, 2.45) is 5.92 Å². The molecule has 3 N–H and O–H groups in total. The van der Waals surface area contributed by atoms with Gasteiger partial charge >= 0.3 is 0 Å². The van der Waals surface area contributed by atoms with E-state index in [0.29, 0.717) is 19.0 Å². The summed E-state index contributed by atoms with van der Waals surface area (Å²) < 4.78 is 26.2. The van der Waals surface area contributed by atoms with E-state index in [2.05, 4.69) is 15.1 Å². The largest absolute Gasteiger partial charge is 0.383 e. The van der Waals surface area contributed by atoms with E-state index in [1.165, 1.54) is 10.5 Å². The third-order valence-corrected chi connectivity index (χ3v) is 5.37. The number of nitrogens with zero attached hydrogens (tertiary/aromatic N) is 3. The summed E-state index contributed by atoms with van der Waals surface area (Å²) >= 11 is 0. The van der Waals surface area contributed by atoms with Crippen LogP contribution in [0.5, 0.6) is 0 Å². The minimum atomic E-state index is -3.50. The standard InChI is InChI=1S/C11H21N5O2S/c1-15(2)8-9-3-5-16(6-4-9)19(17,18)10-7-13-14-11(10)12/h7,9H,3-6,8H2,1-2H3,(H3,12,13,14). The highest BCUT2D eigenvalue weighted by Crippen LogP contribution is 2.25. The molecule has 1 aromatic rings. The van der Waals surface area contributed by atoms with E-state index >= 15 is 0 Å². The fourth-order valence-electron chi connectivity index (χ4n) is 2.48. The smallest absolute Gasteiger partial charge is 0.248 e. The Bertz CT molecular complexity index is 517. The number of aromatic amines is 1. The minimum Gasteiger partial charge on any atom is -0.383 e. The molecule has 0 saturated carbocycles. The molecule has 1 saturated heterocycles. The van der Waals surface area contributed by atoms with Gasteiger partial charge in [0.2, 0.25) is 10.0 Å². The van der Waals surface area contributed by atoms with Crippen molar-refractivity contribution in [3.05, 3.63) is 6.20 Å². The normalized spacial score (nSPS) is 19.1. The van der Waals surface area contributed by atoms with Crippen LogP contribution in [0.4, 0.5) is 5.82 Å². The highest BCUT2D eigenvalue weighted by Gasteiger charge is 2.31. The zero-order valence-electron chi connectivity index (χ0n) is 11.3. The summed E-state index contributed by atoms with van der Waals surface area (Å²) in [6.45, 7) is 2.10. The van der Waals surface area contributed by atoms with Gasteiger partial charge in [0.25, 0.3) is 0 Å². The fraction of sp³-hybridized carbons (Fsp3) is 0.727. The molecule has 1 aliphatic rings. The van der Waals surface area contributed by atoms with Gasteiger partial charge in [-0.15, -0.1) is 0 Å². The number of rotatable bonds is 4. The lowest BCUT2D eigenvalue weighted by Gasteiger charge is -2.32. The first-order valence-electron chi connectivity index (χ1n) is 6.35. The van der Waals surface area contributed by atoms with E-state index in [0.717, 1.165) is 19.4 Å². The van der Waals surface area contributed by atoms with Gasteiger partial charge in [-0.2, -0.15) is 9.40 Å². The van der Waals surface area contributed by atoms with Crippen LogP contribution in [0.25, 0.3) is 0 Å². The molecule has 0 atom stereocenters. The van der Waals surface area contributed by atoms with Crippen molar-refractivity contribution in [2.45, 2.75) is 17.7 Å². The van der Waals surface area contributed by atoms with Crippen LogP contribution in [-0.4, -0.2) is 61.5 Å². The monoisotopic (exact) mass is 287 g/mol. The number of hydrogen-bond acceptors (Lipinski definition) is 5. The van der Waals surface area contributed by atoms with Gasteiger partial charge < -0.3 is 10.6 Å². The third-order valence-electron chi connectivity index (χ3n) is 3.45. The summed E-state index contributed by atoms with van der Waals surface area (Å²) in [5.41, 5.74) is 5.60. The summed E-state index contributed by atoms with van der Waals surface area (Å²) in [5.74, 6) is 0.665. The molecule has 19 heavy (non-hydrogen) atoms. The molecule has 0 aliphatic carbocycles. The second-order valence-corrected chi connectivity index (χ2v) is 7.16. The number of aromatic nitrogens is 2. The number of sulfonamides is 1. The Labute approximate surface area is 113 Å². The van der Waals surface area contributed by atoms with E-state index in [9.17, 15) is 8.42 Å².